The van der Waals surface area contributed by atoms with Crippen molar-refractivity contribution in [3.8, 4) is 11.5 Å². The molecule has 0 aliphatic heterocycles. The molecule has 162 valence electrons. The summed E-state index contributed by atoms with van der Waals surface area (Å²) < 4.78 is 25.8. The molecule has 0 radical (unpaired) electrons. The third-order valence-electron chi connectivity index (χ3n) is 4.52. The molecule has 0 fully saturated rings. The van der Waals surface area contributed by atoms with Crippen molar-refractivity contribution in [2.45, 2.75) is 43.9 Å². The lowest BCUT2D eigenvalue weighted by atomic mass is 10.1. The average Bonchev–Trinajstić information content (AvgIpc) is 2.78. The van der Waals surface area contributed by atoms with Gasteiger partial charge in [0.15, 0.2) is 0 Å². The van der Waals surface area contributed by atoms with Crippen molar-refractivity contribution in [1.82, 2.24) is 0 Å². The molecule has 3 aromatic rings. The van der Waals surface area contributed by atoms with Crippen LogP contribution in [0.2, 0.25) is 0 Å². The maximum Gasteiger partial charge on any atom is 0.456 e. The van der Waals surface area contributed by atoms with Crippen LogP contribution in [0.1, 0.15) is 39.0 Å². The Labute approximate surface area is 190 Å². The van der Waals surface area contributed by atoms with E-state index in [-0.39, 0.29) is 0 Å². The van der Waals surface area contributed by atoms with Gasteiger partial charge in [0.1, 0.15) is 11.5 Å². The minimum atomic E-state index is -3.59. The van der Waals surface area contributed by atoms with Gasteiger partial charge in [0, 0.05) is 9.80 Å². The Kier molecular flexibility index (Phi) is 9.33. The Morgan fingerprint density at radius 1 is 0.774 bits per heavy atom. The summed E-state index contributed by atoms with van der Waals surface area (Å²) in [7, 11) is -3.59. The highest BCUT2D eigenvalue weighted by molar-refractivity contribution is 8.03. The summed E-state index contributed by atoms with van der Waals surface area (Å²) in [5, 5.41) is 0. The quantitative estimate of drug-likeness (QED) is 0.156. The normalized spacial score (nSPS) is 11.8. The van der Waals surface area contributed by atoms with Gasteiger partial charge < -0.3 is 9.05 Å². The first kappa shape index (κ1) is 23.2. The van der Waals surface area contributed by atoms with E-state index in [1.54, 1.807) is 41.8 Å². The largest absolute Gasteiger partial charge is 0.456 e. The average molecular weight is 453 g/mol. The van der Waals surface area contributed by atoms with E-state index >= 15 is 0 Å². The van der Waals surface area contributed by atoms with Crippen molar-refractivity contribution in [3.05, 3.63) is 102 Å². The van der Waals surface area contributed by atoms with Crippen LogP contribution < -0.4 is 9.05 Å². The molecule has 0 N–H and O–H groups in total. The molecule has 0 aromatic heterocycles. The molecule has 0 bridgehead atoms. The summed E-state index contributed by atoms with van der Waals surface area (Å²) in [6.45, 7) is 2.20. The van der Waals surface area contributed by atoms with Gasteiger partial charge in [0.2, 0.25) is 0 Å². The second-order valence-electron chi connectivity index (χ2n) is 7.17. The van der Waals surface area contributed by atoms with E-state index in [0.717, 1.165) is 29.1 Å². The van der Waals surface area contributed by atoms with Crippen molar-refractivity contribution in [2.24, 2.45) is 0 Å². The van der Waals surface area contributed by atoms with Crippen LogP contribution >= 0.6 is 19.4 Å². The number of benzene rings is 3. The van der Waals surface area contributed by atoms with Crippen LogP contribution in [0.15, 0.2) is 107 Å². The standard InChI is InChI=1S/C26H29O3PS/c1-2-3-4-12-21-26(31-25-19-13-7-14-20-25)22-30(27,28-23-15-8-5-9-16-23)29-24-17-10-6-11-18-24/h5-11,13-20,22H,2-4,12,21H2,1H3/b26-22-. The zero-order valence-electron chi connectivity index (χ0n) is 17.9. The summed E-state index contributed by atoms with van der Waals surface area (Å²) in [4.78, 5) is 2.10. The number of para-hydroxylation sites is 2. The first-order valence-corrected chi connectivity index (χ1v) is 13.1. The molecule has 3 nitrogen and oxygen atoms in total. The number of thioether (sulfide) groups is 1. The lowest BCUT2D eigenvalue weighted by Crippen LogP contribution is -2.00. The predicted octanol–water partition coefficient (Wildman–Crippen LogP) is 8.94. The SMILES string of the molecule is CCCCCC/C(=C/P(=O)(Oc1ccccc1)Oc1ccccc1)Sc1ccccc1. The Morgan fingerprint density at radius 3 is 1.81 bits per heavy atom. The number of unbranched alkanes of at least 4 members (excludes halogenated alkanes) is 3. The molecule has 0 unspecified atom stereocenters. The summed E-state index contributed by atoms with van der Waals surface area (Å²) >= 11 is 1.62. The second kappa shape index (κ2) is 12.4. The smallest absolute Gasteiger partial charge is 0.413 e. The van der Waals surface area contributed by atoms with Crippen molar-refractivity contribution >= 4 is 19.4 Å². The van der Waals surface area contributed by atoms with Crippen LogP contribution in [-0.4, -0.2) is 0 Å². The Morgan fingerprint density at radius 2 is 1.29 bits per heavy atom. The minimum Gasteiger partial charge on any atom is -0.413 e. The summed E-state index contributed by atoms with van der Waals surface area (Å²) in [5.74, 6) is 2.75. The Balaban J connectivity index is 1.89. The van der Waals surface area contributed by atoms with Crippen molar-refractivity contribution in [2.75, 3.05) is 0 Å². The molecule has 0 amide bonds. The van der Waals surface area contributed by atoms with Crippen LogP contribution in [-0.2, 0) is 4.57 Å². The van der Waals surface area contributed by atoms with Gasteiger partial charge in [0.05, 0.1) is 5.82 Å². The van der Waals surface area contributed by atoms with E-state index in [2.05, 4.69) is 19.1 Å². The molecular weight excluding hydrogens is 423 g/mol. The highest BCUT2D eigenvalue weighted by Crippen LogP contribution is 2.52. The highest BCUT2D eigenvalue weighted by Gasteiger charge is 2.27. The van der Waals surface area contributed by atoms with Crippen LogP contribution in [0.4, 0.5) is 0 Å². The molecule has 31 heavy (non-hydrogen) atoms. The van der Waals surface area contributed by atoms with Gasteiger partial charge in [-0.25, -0.2) is 4.57 Å². The maximum absolute atomic E-state index is 13.9. The van der Waals surface area contributed by atoms with E-state index in [4.69, 9.17) is 9.05 Å². The van der Waals surface area contributed by atoms with E-state index in [9.17, 15) is 4.57 Å². The van der Waals surface area contributed by atoms with Gasteiger partial charge in [-0.3, -0.25) is 0 Å². The number of hydrogen-bond acceptors (Lipinski definition) is 4. The fourth-order valence-corrected chi connectivity index (χ4v) is 5.91. The van der Waals surface area contributed by atoms with Gasteiger partial charge >= 0.3 is 7.60 Å². The van der Waals surface area contributed by atoms with E-state index < -0.39 is 7.60 Å². The van der Waals surface area contributed by atoms with Crippen molar-refractivity contribution in [1.29, 1.82) is 0 Å². The van der Waals surface area contributed by atoms with Crippen LogP contribution in [0, 0.1) is 0 Å². The summed E-state index contributed by atoms with van der Waals surface area (Å²) in [6.07, 6.45) is 5.39. The third kappa shape index (κ3) is 8.32. The van der Waals surface area contributed by atoms with Crippen LogP contribution in [0.5, 0.6) is 11.5 Å². The molecule has 0 spiro atoms. The van der Waals surface area contributed by atoms with E-state index in [1.165, 1.54) is 12.8 Å². The van der Waals surface area contributed by atoms with Crippen molar-refractivity contribution < 1.29 is 13.6 Å². The fourth-order valence-electron chi connectivity index (χ4n) is 3.01. The first-order chi connectivity index (χ1) is 15.2. The fraction of sp³-hybridized carbons (Fsp3) is 0.231. The van der Waals surface area contributed by atoms with Gasteiger partial charge in [-0.2, -0.15) is 0 Å². The second-order valence-corrected chi connectivity index (χ2v) is 10.1. The minimum absolute atomic E-state index is 0.521. The number of hydrogen-bond donors (Lipinski definition) is 0. The molecule has 3 rings (SSSR count). The van der Waals surface area contributed by atoms with Crippen LogP contribution in [0.3, 0.4) is 0 Å². The van der Waals surface area contributed by atoms with Crippen LogP contribution in [0.25, 0.3) is 0 Å². The molecule has 0 atom stereocenters. The molecule has 0 heterocycles. The Hall–Kier alpha value is -2.42. The molecular formula is C26H29O3PS. The Bertz CT molecular complexity index is 930. The maximum atomic E-state index is 13.9. The number of allylic oxidation sites excluding steroid dienone is 1. The van der Waals surface area contributed by atoms with Crippen molar-refractivity contribution in [3.63, 3.8) is 0 Å². The molecule has 0 aliphatic rings. The first-order valence-electron chi connectivity index (χ1n) is 10.7. The summed E-state index contributed by atoms with van der Waals surface area (Å²) in [5.41, 5.74) is 0. The monoisotopic (exact) mass is 452 g/mol. The van der Waals surface area contributed by atoms with Gasteiger partial charge in [-0.05, 0) is 49.2 Å². The third-order valence-corrected chi connectivity index (χ3v) is 7.35. The molecule has 3 aromatic carbocycles. The molecule has 5 heteroatoms. The van der Waals surface area contributed by atoms with E-state index in [1.807, 2.05) is 54.6 Å². The van der Waals surface area contributed by atoms with Gasteiger partial charge in [-0.15, -0.1) is 0 Å². The van der Waals surface area contributed by atoms with Gasteiger partial charge in [-0.1, -0.05) is 92.5 Å². The zero-order chi connectivity index (χ0) is 21.8. The molecule has 0 saturated carbocycles. The predicted molar refractivity (Wildman–Crippen MR) is 131 cm³/mol. The lowest BCUT2D eigenvalue weighted by Gasteiger charge is -2.19. The lowest BCUT2D eigenvalue weighted by molar-refractivity contribution is 0.398. The zero-order valence-corrected chi connectivity index (χ0v) is 19.6. The van der Waals surface area contributed by atoms with Gasteiger partial charge in [0.25, 0.3) is 0 Å². The molecule has 0 saturated heterocycles. The molecule has 0 aliphatic carbocycles. The number of rotatable bonds is 12. The van der Waals surface area contributed by atoms with E-state index in [0.29, 0.717) is 11.5 Å². The highest BCUT2D eigenvalue weighted by atomic mass is 32.2. The summed E-state index contributed by atoms with van der Waals surface area (Å²) in [6, 6.07) is 28.5. The topological polar surface area (TPSA) is 35.5 Å².